The fourth-order valence-electron chi connectivity index (χ4n) is 2.11. The van der Waals surface area contributed by atoms with Crippen molar-refractivity contribution in [1.29, 1.82) is 0 Å². The zero-order chi connectivity index (χ0) is 18.3. The van der Waals surface area contributed by atoms with E-state index in [0.717, 1.165) is 13.0 Å². The van der Waals surface area contributed by atoms with Crippen molar-refractivity contribution >= 4 is 17.7 Å². The SMILES string of the molecule is CC(C)(C)OC(=O)Nc1ccc(C(=O)NCCCn2ccnc2)cc1. The molecular formula is C18H24N4O3. The number of benzene rings is 1. The molecule has 1 aromatic heterocycles. The van der Waals surface area contributed by atoms with Crippen LogP contribution in [0.2, 0.25) is 0 Å². The first-order valence-corrected chi connectivity index (χ1v) is 8.17. The van der Waals surface area contributed by atoms with Gasteiger partial charge in [0.25, 0.3) is 5.91 Å². The molecule has 0 aliphatic rings. The van der Waals surface area contributed by atoms with Crippen LogP contribution in [-0.2, 0) is 11.3 Å². The summed E-state index contributed by atoms with van der Waals surface area (Å²) in [6.07, 6.45) is 5.66. The van der Waals surface area contributed by atoms with Gasteiger partial charge in [-0.15, -0.1) is 0 Å². The first kappa shape index (κ1) is 18.5. The lowest BCUT2D eigenvalue weighted by Gasteiger charge is -2.19. The van der Waals surface area contributed by atoms with Crippen LogP contribution in [0.3, 0.4) is 0 Å². The lowest BCUT2D eigenvalue weighted by molar-refractivity contribution is 0.0635. The normalized spacial score (nSPS) is 11.0. The molecule has 0 unspecified atom stereocenters. The molecule has 0 saturated heterocycles. The van der Waals surface area contributed by atoms with Gasteiger partial charge >= 0.3 is 6.09 Å². The molecular weight excluding hydrogens is 320 g/mol. The summed E-state index contributed by atoms with van der Waals surface area (Å²) >= 11 is 0. The van der Waals surface area contributed by atoms with Crippen molar-refractivity contribution in [3.05, 3.63) is 48.5 Å². The zero-order valence-corrected chi connectivity index (χ0v) is 14.8. The Balaban J connectivity index is 1.76. The lowest BCUT2D eigenvalue weighted by atomic mass is 10.2. The molecule has 0 saturated carbocycles. The molecule has 0 atom stereocenters. The van der Waals surface area contributed by atoms with Crippen LogP contribution in [0.5, 0.6) is 0 Å². The Morgan fingerprint density at radius 3 is 2.52 bits per heavy atom. The van der Waals surface area contributed by atoms with Crippen LogP contribution in [0.4, 0.5) is 10.5 Å². The van der Waals surface area contributed by atoms with Gasteiger partial charge < -0.3 is 14.6 Å². The number of nitrogens with one attached hydrogen (secondary N) is 2. The van der Waals surface area contributed by atoms with Gasteiger partial charge in [0.05, 0.1) is 6.33 Å². The van der Waals surface area contributed by atoms with Crippen LogP contribution in [0, 0.1) is 0 Å². The molecule has 7 heteroatoms. The number of hydrogen-bond donors (Lipinski definition) is 2. The van der Waals surface area contributed by atoms with E-state index in [9.17, 15) is 9.59 Å². The predicted octanol–water partition coefficient (Wildman–Crippen LogP) is 3.05. The number of aryl methyl sites for hydroxylation is 1. The number of ether oxygens (including phenoxy) is 1. The van der Waals surface area contributed by atoms with Crippen molar-refractivity contribution in [2.24, 2.45) is 0 Å². The Kier molecular flexibility index (Phi) is 6.16. The van der Waals surface area contributed by atoms with Crippen molar-refractivity contribution < 1.29 is 14.3 Å². The van der Waals surface area contributed by atoms with Gasteiger partial charge in [-0.2, -0.15) is 0 Å². The molecule has 1 heterocycles. The molecule has 25 heavy (non-hydrogen) atoms. The van der Waals surface area contributed by atoms with E-state index in [2.05, 4.69) is 15.6 Å². The number of hydrogen-bond acceptors (Lipinski definition) is 4. The smallest absolute Gasteiger partial charge is 0.412 e. The van der Waals surface area contributed by atoms with Gasteiger partial charge in [-0.1, -0.05) is 0 Å². The average molecular weight is 344 g/mol. The minimum atomic E-state index is -0.555. The third-order valence-corrected chi connectivity index (χ3v) is 3.23. The van der Waals surface area contributed by atoms with Crippen molar-refractivity contribution in [2.75, 3.05) is 11.9 Å². The first-order valence-electron chi connectivity index (χ1n) is 8.17. The first-order chi connectivity index (χ1) is 11.8. The predicted molar refractivity (Wildman–Crippen MR) is 95.5 cm³/mol. The van der Waals surface area contributed by atoms with E-state index in [1.807, 2.05) is 10.8 Å². The topological polar surface area (TPSA) is 85.2 Å². The quantitative estimate of drug-likeness (QED) is 0.789. The number of carbonyl (C=O) groups is 2. The zero-order valence-electron chi connectivity index (χ0n) is 14.8. The Morgan fingerprint density at radius 1 is 1.20 bits per heavy atom. The highest BCUT2D eigenvalue weighted by molar-refractivity contribution is 5.95. The molecule has 0 spiro atoms. The Labute approximate surface area is 147 Å². The van der Waals surface area contributed by atoms with Crippen molar-refractivity contribution in [3.8, 4) is 0 Å². The third kappa shape index (κ3) is 6.66. The highest BCUT2D eigenvalue weighted by Crippen LogP contribution is 2.13. The van der Waals surface area contributed by atoms with Crippen LogP contribution in [-0.4, -0.2) is 33.7 Å². The van der Waals surface area contributed by atoms with Gasteiger partial charge in [-0.05, 0) is 51.5 Å². The summed E-state index contributed by atoms with van der Waals surface area (Å²) in [6.45, 7) is 6.78. The number of aromatic nitrogens is 2. The summed E-state index contributed by atoms with van der Waals surface area (Å²) in [5.41, 5.74) is 0.559. The summed E-state index contributed by atoms with van der Waals surface area (Å²) in [6, 6.07) is 6.67. The van der Waals surface area contributed by atoms with E-state index in [1.165, 1.54) is 0 Å². The Hall–Kier alpha value is -2.83. The van der Waals surface area contributed by atoms with Crippen molar-refractivity contribution in [2.45, 2.75) is 39.3 Å². The number of rotatable bonds is 6. The van der Waals surface area contributed by atoms with Gasteiger partial charge in [0.15, 0.2) is 0 Å². The van der Waals surface area contributed by atoms with Crippen LogP contribution in [0.1, 0.15) is 37.6 Å². The molecule has 2 N–H and O–H groups in total. The van der Waals surface area contributed by atoms with Crippen molar-refractivity contribution in [1.82, 2.24) is 14.9 Å². The van der Waals surface area contributed by atoms with Gasteiger partial charge in [-0.25, -0.2) is 9.78 Å². The van der Waals surface area contributed by atoms with E-state index in [-0.39, 0.29) is 5.91 Å². The van der Waals surface area contributed by atoms with Gasteiger partial charge in [0.1, 0.15) is 5.60 Å². The minimum Gasteiger partial charge on any atom is -0.444 e. The number of carbonyl (C=O) groups excluding carboxylic acids is 2. The third-order valence-electron chi connectivity index (χ3n) is 3.23. The maximum Gasteiger partial charge on any atom is 0.412 e. The maximum atomic E-state index is 12.1. The number of anilines is 1. The van der Waals surface area contributed by atoms with Crippen molar-refractivity contribution in [3.63, 3.8) is 0 Å². The maximum absolute atomic E-state index is 12.1. The molecule has 0 fully saturated rings. The molecule has 0 aliphatic carbocycles. The Bertz CT molecular complexity index is 688. The Morgan fingerprint density at radius 2 is 1.92 bits per heavy atom. The van der Waals surface area contributed by atoms with E-state index >= 15 is 0 Å². The highest BCUT2D eigenvalue weighted by atomic mass is 16.6. The van der Waals surface area contributed by atoms with Crippen LogP contribution >= 0.6 is 0 Å². The molecule has 2 aromatic rings. The largest absolute Gasteiger partial charge is 0.444 e. The minimum absolute atomic E-state index is 0.144. The highest BCUT2D eigenvalue weighted by Gasteiger charge is 2.16. The summed E-state index contributed by atoms with van der Waals surface area (Å²) in [5.74, 6) is -0.144. The van der Waals surface area contributed by atoms with E-state index in [0.29, 0.717) is 17.8 Å². The lowest BCUT2D eigenvalue weighted by Crippen LogP contribution is -2.27. The summed E-state index contributed by atoms with van der Waals surface area (Å²) in [7, 11) is 0. The van der Waals surface area contributed by atoms with Gasteiger partial charge in [0.2, 0.25) is 0 Å². The molecule has 134 valence electrons. The summed E-state index contributed by atoms with van der Waals surface area (Å²) < 4.78 is 7.14. The molecule has 0 aliphatic heterocycles. The van der Waals surface area contributed by atoms with E-state index < -0.39 is 11.7 Å². The monoisotopic (exact) mass is 344 g/mol. The number of imidazole rings is 1. The fourth-order valence-corrected chi connectivity index (χ4v) is 2.11. The molecule has 0 bridgehead atoms. The van der Waals surface area contributed by atoms with Gasteiger partial charge in [0, 0.05) is 36.7 Å². The second kappa shape index (κ2) is 8.32. The second-order valence-electron chi connectivity index (χ2n) is 6.61. The van der Waals surface area contributed by atoms with Gasteiger partial charge in [-0.3, -0.25) is 10.1 Å². The van der Waals surface area contributed by atoms with Crippen LogP contribution in [0.25, 0.3) is 0 Å². The average Bonchev–Trinajstić information content (AvgIpc) is 3.03. The molecule has 1 aromatic carbocycles. The molecule has 0 radical (unpaired) electrons. The van der Waals surface area contributed by atoms with E-state index in [4.69, 9.17) is 4.74 Å². The van der Waals surface area contributed by atoms with Crippen LogP contribution in [0.15, 0.2) is 43.0 Å². The van der Waals surface area contributed by atoms with E-state index in [1.54, 1.807) is 57.6 Å². The fraction of sp³-hybridized carbons (Fsp3) is 0.389. The summed E-state index contributed by atoms with van der Waals surface area (Å²) in [5, 5.41) is 5.50. The van der Waals surface area contributed by atoms with Crippen LogP contribution < -0.4 is 10.6 Å². The number of amides is 2. The number of nitrogens with zero attached hydrogens (tertiary/aromatic N) is 2. The molecule has 7 nitrogen and oxygen atoms in total. The molecule has 2 rings (SSSR count). The standard InChI is InChI=1S/C18H24N4O3/c1-18(2,3)25-17(24)21-15-7-5-14(6-8-15)16(23)20-9-4-11-22-12-10-19-13-22/h5-8,10,12-13H,4,9,11H2,1-3H3,(H,20,23)(H,21,24). The molecule has 2 amide bonds. The second-order valence-corrected chi connectivity index (χ2v) is 6.61. The summed E-state index contributed by atoms with van der Waals surface area (Å²) in [4.78, 5) is 27.8.